The fraction of sp³-hybridized carbons (Fsp3) is 0.200. The lowest BCUT2D eigenvalue weighted by molar-refractivity contribution is 0.443. The molecule has 0 spiro atoms. The van der Waals surface area contributed by atoms with E-state index in [1.54, 1.807) is 18.2 Å². The summed E-state index contributed by atoms with van der Waals surface area (Å²) in [5.41, 5.74) is 1.65. The summed E-state index contributed by atoms with van der Waals surface area (Å²) in [4.78, 5) is 0.242. The monoisotopic (exact) mass is 368 g/mol. The second-order valence-corrected chi connectivity index (χ2v) is 8.07. The van der Waals surface area contributed by atoms with Gasteiger partial charge in [0.15, 0.2) is 11.5 Å². The molecule has 3 aromatic carbocycles. The fourth-order valence-electron chi connectivity index (χ4n) is 3.28. The Morgan fingerprint density at radius 3 is 2.50 bits per heavy atom. The molecule has 26 heavy (non-hydrogen) atoms. The maximum Gasteiger partial charge on any atom is 0.243 e. The van der Waals surface area contributed by atoms with Crippen LogP contribution < -0.4 is 10.1 Å². The van der Waals surface area contributed by atoms with Gasteiger partial charge in [0.05, 0.1) is 16.3 Å². The van der Waals surface area contributed by atoms with E-state index in [9.17, 15) is 8.42 Å². The Morgan fingerprint density at radius 2 is 1.73 bits per heavy atom. The molecule has 0 bridgehead atoms. The van der Waals surface area contributed by atoms with Gasteiger partial charge < -0.3 is 10.1 Å². The summed E-state index contributed by atoms with van der Waals surface area (Å²) in [5.74, 6) is 1.20. The molecule has 0 amide bonds. The van der Waals surface area contributed by atoms with Crippen molar-refractivity contribution in [3.63, 3.8) is 0 Å². The van der Waals surface area contributed by atoms with Crippen LogP contribution in [0.3, 0.4) is 0 Å². The molecule has 5 nitrogen and oxygen atoms in total. The molecule has 0 radical (unpaired) electrons. The van der Waals surface area contributed by atoms with E-state index in [2.05, 4.69) is 5.32 Å². The Morgan fingerprint density at radius 1 is 0.962 bits per heavy atom. The van der Waals surface area contributed by atoms with Crippen molar-refractivity contribution in [2.24, 2.45) is 0 Å². The third-order valence-electron chi connectivity index (χ3n) is 4.67. The number of sulfonamides is 1. The normalized spacial score (nSPS) is 13.0. The number of nitrogens with one attached hydrogen (secondary N) is 1. The van der Waals surface area contributed by atoms with Crippen LogP contribution in [0.1, 0.15) is 13.8 Å². The standard InChI is InChI=1S/C20H20N2O3S/c1-3-22(4-2)26(23,24)15-10-11-17-19(13-15)25-18-12-9-14-7-5-6-8-16(14)20(18)21-17/h5-13,21H,3-4H2,1-2H3. The van der Waals surface area contributed by atoms with Gasteiger partial charge >= 0.3 is 0 Å². The molecule has 0 aliphatic carbocycles. The largest absolute Gasteiger partial charge is 0.453 e. The van der Waals surface area contributed by atoms with Crippen molar-refractivity contribution in [3.8, 4) is 11.5 Å². The molecule has 3 aromatic rings. The minimum absolute atomic E-state index is 0.242. The maximum atomic E-state index is 12.8. The van der Waals surface area contributed by atoms with Crippen molar-refractivity contribution in [2.45, 2.75) is 18.7 Å². The quantitative estimate of drug-likeness (QED) is 0.566. The molecule has 0 aromatic heterocycles. The lowest BCUT2D eigenvalue weighted by Crippen LogP contribution is -2.30. The summed E-state index contributed by atoms with van der Waals surface area (Å²) in [6.45, 7) is 4.53. The number of hydrogen-bond acceptors (Lipinski definition) is 4. The molecule has 1 aliphatic heterocycles. The molecule has 0 saturated heterocycles. The first-order valence-electron chi connectivity index (χ1n) is 8.65. The zero-order chi connectivity index (χ0) is 18.3. The third kappa shape index (κ3) is 2.62. The molecule has 0 unspecified atom stereocenters. The summed E-state index contributed by atoms with van der Waals surface area (Å²) in [6, 6.07) is 16.9. The van der Waals surface area contributed by atoms with Gasteiger partial charge in [0.1, 0.15) is 0 Å². The smallest absolute Gasteiger partial charge is 0.243 e. The Hall–Kier alpha value is -2.57. The average molecular weight is 368 g/mol. The zero-order valence-corrected chi connectivity index (χ0v) is 15.5. The second-order valence-electron chi connectivity index (χ2n) is 6.13. The highest BCUT2D eigenvalue weighted by Gasteiger charge is 2.25. The topological polar surface area (TPSA) is 58.6 Å². The first kappa shape index (κ1) is 16.9. The highest BCUT2D eigenvalue weighted by atomic mass is 32.2. The van der Waals surface area contributed by atoms with E-state index in [-0.39, 0.29) is 4.90 Å². The molecule has 0 fully saturated rings. The first-order valence-corrected chi connectivity index (χ1v) is 10.1. The van der Waals surface area contributed by atoms with Crippen molar-refractivity contribution >= 4 is 32.2 Å². The van der Waals surface area contributed by atoms with Crippen LogP contribution >= 0.6 is 0 Å². The van der Waals surface area contributed by atoms with Gasteiger partial charge in [-0.1, -0.05) is 44.2 Å². The van der Waals surface area contributed by atoms with Crippen molar-refractivity contribution in [1.29, 1.82) is 0 Å². The van der Waals surface area contributed by atoms with Crippen LogP contribution in [0.4, 0.5) is 11.4 Å². The van der Waals surface area contributed by atoms with Gasteiger partial charge in [0.2, 0.25) is 10.0 Å². The summed E-state index contributed by atoms with van der Waals surface area (Å²) in [5, 5.41) is 5.57. The lowest BCUT2D eigenvalue weighted by Gasteiger charge is -2.24. The van der Waals surface area contributed by atoms with Crippen LogP contribution in [0, 0.1) is 0 Å². The van der Waals surface area contributed by atoms with E-state index in [0.717, 1.165) is 22.1 Å². The number of anilines is 2. The van der Waals surface area contributed by atoms with Crippen LogP contribution in [-0.4, -0.2) is 25.8 Å². The molecule has 1 N–H and O–H groups in total. The van der Waals surface area contributed by atoms with Gasteiger partial charge in [-0.05, 0) is 23.6 Å². The van der Waals surface area contributed by atoms with Crippen LogP contribution in [-0.2, 0) is 10.0 Å². The van der Waals surface area contributed by atoms with Gasteiger partial charge in [-0.15, -0.1) is 0 Å². The molecule has 0 atom stereocenters. The molecular formula is C20H20N2O3S. The van der Waals surface area contributed by atoms with E-state index >= 15 is 0 Å². The zero-order valence-electron chi connectivity index (χ0n) is 14.7. The Kier molecular flexibility index (Phi) is 4.09. The summed E-state index contributed by atoms with van der Waals surface area (Å²) >= 11 is 0. The van der Waals surface area contributed by atoms with Crippen LogP contribution in [0.2, 0.25) is 0 Å². The maximum absolute atomic E-state index is 12.8. The number of ether oxygens (including phenoxy) is 1. The summed E-state index contributed by atoms with van der Waals surface area (Å²) < 4.78 is 33.0. The van der Waals surface area contributed by atoms with E-state index in [1.807, 2.05) is 50.2 Å². The van der Waals surface area contributed by atoms with Gasteiger partial charge in [-0.2, -0.15) is 4.31 Å². The van der Waals surface area contributed by atoms with Crippen molar-refractivity contribution in [1.82, 2.24) is 4.31 Å². The Labute approximate surface area is 153 Å². The van der Waals surface area contributed by atoms with Crippen molar-refractivity contribution in [3.05, 3.63) is 54.6 Å². The van der Waals surface area contributed by atoms with Gasteiger partial charge in [-0.25, -0.2) is 8.42 Å². The molecule has 134 valence electrons. The molecular weight excluding hydrogens is 348 g/mol. The van der Waals surface area contributed by atoms with Crippen molar-refractivity contribution < 1.29 is 13.2 Å². The van der Waals surface area contributed by atoms with E-state index in [0.29, 0.717) is 24.6 Å². The predicted molar refractivity (Wildman–Crippen MR) is 104 cm³/mol. The van der Waals surface area contributed by atoms with Gasteiger partial charge in [0, 0.05) is 24.5 Å². The predicted octanol–water partition coefficient (Wildman–Crippen LogP) is 4.72. The molecule has 1 aliphatic rings. The number of nitrogens with zero attached hydrogens (tertiary/aromatic N) is 1. The SMILES string of the molecule is CCN(CC)S(=O)(=O)c1ccc2c(c1)Oc1ccc3ccccc3c1N2. The number of fused-ring (bicyclic) bond motifs is 4. The van der Waals surface area contributed by atoms with Crippen molar-refractivity contribution in [2.75, 3.05) is 18.4 Å². The first-order chi connectivity index (χ1) is 12.5. The average Bonchev–Trinajstić information content (AvgIpc) is 2.66. The highest BCUT2D eigenvalue weighted by molar-refractivity contribution is 7.89. The van der Waals surface area contributed by atoms with E-state index in [4.69, 9.17) is 4.74 Å². The van der Waals surface area contributed by atoms with Gasteiger partial charge in [-0.3, -0.25) is 0 Å². The fourth-order valence-corrected chi connectivity index (χ4v) is 4.76. The van der Waals surface area contributed by atoms with Crippen LogP contribution in [0.15, 0.2) is 59.5 Å². The minimum Gasteiger partial charge on any atom is -0.453 e. The summed E-state index contributed by atoms with van der Waals surface area (Å²) in [7, 11) is -3.52. The Balaban J connectivity index is 1.77. The molecule has 4 rings (SSSR count). The van der Waals surface area contributed by atoms with Crippen LogP contribution in [0.5, 0.6) is 11.5 Å². The minimum atomic E-state index is -3.52. The Bertz CT molecular complexity index is 1090. The van der Waals surface area contributed by atoms with E-state index < -0.39 is 10.0 Å². The third-order valence-corrected chi connectivity index (χ3v) is 6.71. The van der Waals surface area contributed by atoms with E-state index in [1.165, 1.54) is 4.31 Å². The molecule has 6 heteroatoms. The lowest BCUT2D eigenvalue weighted by atomic mass is 10.1. The molecule has 1 heterocycles. The second kappa shape index (κ2) is 6.30. The van der Waals surface area contributed by atoms with Gasteiger partial charge in [0.25, 0.3) is 0 Å². The number of benzene rings is 3. The number of hydrogen-bond donors (Lipinski definition) is 1. The number of rotatable bonds is 4. The van der Waals surface area contributed by atoms with Crippen LogP contribution in [0.25, 0.3) is 10.8 Å². The highest BCUT2D eigenvalue weighted by Crippen LogP contribution is 2.46. The molecule has 0 saturated carbocycles. The summed E-state index contributed by atoms with van der Waals surface area (Å²) in [6.07, 6.45) is 0.